The number of hydrogen-bond acceptors (Lipinski definition) is 4. The van der Waals surface area contributed by atoms with Crippen LogP contribution in [-0.4, -0.2) is 65.6 Å². The van der Waals surface area contributed by atoms with Crippen LogP contribution in [0.3, 0.4) is 0 Å². The van der Waals surface area contributed by atoms with Crippen molar-refractivity contribution >= 4 is 17.7 Å². The largest absolute Gasteiger partial charge is 0.324 e. The third-order valence-corrected chi connectivity index (χ3v) is 5.47. The van der Waals surface area contributed by atoms with Gasteiger partial charge in [-0.3, -0.25) is 15.0 Å². The van der Waals surface area contributed by atoms with Gasteiger partial charge in [0.2, 0.25) is 5.91 Å². The first-order chi connectivity index (χ1) is 10.1. The van der Waals surface area contributed by atoms with Crippen molar-refractivity contribution in [2.45, 2.75) is 52.2 Å². The zero-order valence-electron chi connectivity index (χ0n) is 13.8. The molecule has 122 valence electrons. The summed E-state index contributed by atoms with van der Waals surface area (Å²) in [5.41, 5.74) is 0. The Kier molecular flexibility index (Phi) is 6.83. The summed E-state index contributed by atoms with van der Waals surface area (Å²) in [6.45, 7) is 10.8. The Hall–Kier alpha value is -0.260. The fourth-order valence-corrected chi connectivity index (χ4v) is 4.17. The zero-order chi connectivity index (χ0) is 15.2. The molecule has 0 aromatic rings. The van der Waals surface area contributed by atoms with Crippen LogP contribution in [0.5, 0.6) is 0 Å². The van der Waals surface area contributed by atoms with Gasteiger partial charge in [-0.05, 0) is 12.3 Å². The van der Waals surface area contributed by atoms with Gasteiger partial charge in [-0.15, -0.1) is 0 Å². The lowest BCUT2D eigenvalue weighted by atomic mass is 10.1. The number of hydrogen-bond donors (Lipinski definition) is 1. The molecule has 2 unspecified atom stereocenters. The Morgan fingerprint density at radius 2 is 2.00 bits per heavy atom. The molecule has 1 amide bonds. The molecule has 5 heteroatoms. The smallest absolute Gasteiger partial charge is 0.241 e. The summed E-state index contributed by atoms with van der Waals surface area (Å²) in [5, 5.41) is 3.57. The highest BCUT2D eigenvalue weighted by atomic mass is 32.2. The van der Waals surface area contributed by atoms with E-state index in [1.165, 1.54) is 24.6 Å². The molecule has 0 aromatic carbocycles. The standard InChI is InChI=1S/C16H31N3OS/c1-4-5-6-14-16(20)19(15(17-14)13(2)3)8-7-18-9-11-21-12-10-18/h13-15,17H,4-12H2,1-3H3. The highest BCUT2D eigenvalue weighted by Crippen LogP contribution is 2.21. The first-order valence-corrected chi connectivity index (χ1v) is 9.65. The molecule has 1 N–H and O–H groups in total. The Labute approximate surface area is 134 Å². The van der Waals surface area contributed by atoms with Crippen LogP contribution in [0, 0.1) is 5.92 Å². The SMILES string of the molecule is CCCCC1NC(C(C)C)N(CCN2CCSCC2)C1=O. The predicted octanol–water partition coefficient (Wildman–Crippen LogP) is 2.01. The first-order valence-electron chi connectivity index (χ1n) is 8.50. The Bertz CT molecular complexity index is 331. The second-order valence-corrected chi connectivity index (χ2v) is 7.76. The van der Waals surface area contributed by atoms with Gasteiger partial charge in [0.15, 0.2) is 0 Å². The number of carbonyl (C=O) groups is 1. The highest BCUT2D eigenvalue weighted by Gasteiger charge is 2.39. The number of nitrogens with zero attached hydrogens (tertiary/aromatic N) is 2. The van der Waals surface area contributed by atoms with Crippen molar-refractivity contribution in [3.8, 4) is 0 Å². The zero-order valence-corrected chi connectivity index (χ0v) is 14.6. The molecular weight excluding hydrogens is 282 g/mol. The van der Waals surface area contributed by atoms with Gasteiger partial charge in [0.25, 0.3) is 0 Å². The minimum atomic E-state index is 0.0502. The van der Waals surface area contributed by atoms with Crippen molar-refractivity contribution in [2.24, 2.45) is 5.92 Å². The number of rotatable bonds is 7. The van der Waals surface area contributed by atoms with E-state index in [2.05, 4.69) is 35.9 Å². The fourth-order valence-electron chi connectivity index (χ4n) is 3.20. The van der Waals surface area contributed by atoms with Gasteiger partial charge in [0.1, 0.15) is 0 Å². The van der Waals surface area contributed by atoms with Crippen LogP contribution in [0.1, 0.15) is 40.0 Å². The second kappa shape index (κ2) is 8.39. The van der Waals surface area contributed by atoms with Crippen LogP contribution in [0.4, 0.5) is 0 Å². The van der Waals surface area contributed by atoms with Crippen molar-refractivity contribution in [3.05, 3.63) is 0 Å². The van der Waals surface area contributed by atoms with E-state index < -0.39 is 0 Å². The quantitative estimate of drug-likeness (QED) is 0.780. The van der Waals surface area contributed by atoms with Gasteiger partial charge < -0.3 is 4.90 Å². The number of amides is 1. The average molecular weight is 314 g/mol. The minimum Gasteiger partial charge on any atom is -0.324 e. The van der Waals surface area contributed by atoms with E-state index in [-0.39, 0.29) is 12.2 Å². The van der Waals surface area contributed by atoms with Crippen LogP contribution < -0.4 is 5.32 Å². The molecule has 2 saturated heterocycles. The molecule has 0 aliphatic carbocycles. The summed E-state index contributed by atoms with van der Waals surface area (Å²) < 4.78 is 0. The molecule has 0 bridgehead atoms. The summed E-state index contributed by atoms with van der Waals surface area (Å²) >= 11 is 2.04. The molecule has 2 aliphatic rings. The molecular formula is C16H31N3OS. The van der Waals surface area contributed by atoms with Crippen LogP contribution in [0.15, 0.2) is 0 Å². The Morgan fingerprint density at radius 1 is 1.29 bits per heavy atom. The van der Waals surface area contributed by atoms with Crippen LogP contribution >= 0.6 is 11.8 Å². The van der Waals surface area contributed by atoms with Gasteiger partial charge in [-0.2, -0.15) is 11.8 Å². The molecule has 2 heterocycles. The monoisotopic (exact) mass is 313 g/mol. The molecule has 2 rings (SSSR count). The van der Waals surface area contributed by atoms with Gasteiger partial charge in [0, 0.05) is 37.7 Å². The third-order valence-electron chi connectivity index (χ3n) is 4.53. The molecule has 2 aliphatic heterocycles. The summed E-state index contributed by atoms with van der Waals surface area (Å²) in [7, 11) is 0. The van der Waals surface area contributed by atoms with Gasteiger partial charge in [-0.1, -0.05) is 33.6 Å². The average Bonchev–Trinajstić information content (AvgIpc) is 2.81. The third kappa shape index (κ3) is 4.60. The van der Waals surface area contributed by atoms with E-state index in [1.807, 2.05) is 11.8 Å². The molecule has 0 spiro atoms. The highest BCUT2D eigenvalue weighted by molar-refractivity contribution is 7.99. The van der Waals surface area contributed by atoms with E-state index in [0.29, 0.717) is 11.8 Å². The Morgan fingerprint density at radius 3 is 2.62 bits per heavy atom. The van der Waals surface area contributed by atoms with Gasteiger partial charge in [-0.25, -0.2) is 0 Å². The van der Waals surface area contributed by atoms with Crippen molar-refractivity contribution in [3.63, 3.8) is 0 Å². The topological polar surface area (TPSA) is 35.6 Å². The Balaban J connectivity index is 1.89. The summed E-state index contributed by atoms with van der Waals surface area (Å²) in [6.07, 6.45) is 3.49. The van der Waals surface area contributed by atoms with Crippen LogP contribution in [0.2, 0.25) is 0 Å². The maximum Gasteiger partial charge on any atom is 0.241 e. The van der Waals surface area contributed by atoms with Crippen molar-refractivity contribution in [1.82, 2.24) is 15.1 Å². The number of unbranched alkanes of at least 4 members (excludes halogenated alkanes) is 1. The molecule has 0 aromatic heterocycles. The number of carbonyl (C=O) groups excluding carboxylic acids is 1. The van der Waals surface area contributed by atoms with Crippen molar-refractivity contribution in [1.29, 1.82) is 0 Å². The van der Waals surface area contributed by atoms with E-state index in [0.717, 1.165) is 32.4 Å². The fraction of sp³-hybridized carbons (Fsp3) is 0.938. The maximum atomic E-state index is 12.6. The van der Waals surface area contributed by atoms with E-state index >= 15 is 0 Å². The molecule has 2 atom stereocenters. The van der Waals surface area contributed by atoms with E-state index in [4.69, 9.17) is 0 Å². The molecule has 0 saturated carbocycles. The summed E-state index contributed by atoms with van der Waals surface area (Å²) in [5.74, 6) is 3.27. The first kappa shape index (κ1) is 17.1. The number of thioether (sulfide) groups is 1. The van der Waals surface area contributed by atoms with E-state index in [9.17, 15) is 4.79 Å². The number of nitrogens with one attached hydrogen (secondary N) is 1. The maximum absolute atomic E-state index is 12.6. The van der Waals surface area contributed by atoms with Crippen LogP contribution in [-0.2, 0) is 4.79 Å². The lowest BCUT2D eigenvalue weighted by Gasteiger charge is -2.31. The van der Waals surface area contributed by atoms with Gasteiger partial charge in [0.05, 0.1) is 12.2 Å². The molecule has 4 nitrogen and oxygen atoms in total. The van der Waals surface area contributed by atoms with Crippen LogP contribution in [0.25, 0.3) is 0 Å². The lowest BCUT2D eigenvalue weighted by Crippen LogP contribution is -2.46. The summed E-state index contributed by atoms with van der Waals surface area (Å²) in [4.78, 5) is 17.2. The summed E-state index contributed by atoms with van der Waals surface area (Å²) in [6, 6.07) is 0.0502. The normalized spacial score (nSPS) is 27.8. The van der Waals surface area contributed by atoms with E-state index in [1.54, 1.807) is 0 Å². The lowest BCUT2D eigenvalue weighted by molar-refractivity contribution is -0.130. The van der Waals surface area contributed by atoms with Crippen molar-refractivity contribution in [2.75, 3.05) is 37.7 Å². The molecule has 2 fully saturated rings. The molecule has 21 heavy (non-hydrogen) atoms. The predicted molar refractivity (Wildman–Crippen MR) is 90.6 cm³/mol. The molecule has 0 radical (unpaired) electrons. The van der Waals surface area contributed by atoms with Crippen molar-refractivity contribution < 1.29 is 4.79 Å². The minimum absolute atomic E-state index is 0.0502. The second-order valence-electron chi connectivity index (χ2n) is 6.54. The van der Waals surface area contributed by atoms with Gasteiger partial charge >= 0.3 is 0 Å².